The fourth-order valence-electron chi connectivity index (χ4n) is 2.47. The first kappa shape index (κ1) is 13.4. The van der Waals surface area contributed by atoms with Crippen LogP contribution in [0.2, 0.25) is 0 Å². The first-order valence-corrected chi connectivity index (χ1v) is 7.27. The highest BCUT2D eigenvalue weighted by Gasteiger charge is 2.11. The van der Waals surface area contributed by atoms with E-state index < -0.39 is 0 Å². The quantitative estimate of drug-likeness (QED) is 0.757. The second kappa shape index (κ2) is 7.41. The predicted octanol–water partition coefficient (Wildman–Crippen LogP) is 2.59. The van der Waals surface area contributed by atoms with Crippen molar-refractivity contribution in [1.29, 1.82) is 0 Å². The van der Waals surface area contributed by atoms with Crippen LogP contribution in [0.3, 0.4) is 0 Å². The monoisotopic (exact) mass is 251 g/mol. The average Bonchev–Trinajstić information content (AvgIpc) is 2.87. The van der Waals surface area contributed by atoms with Gasteiger partial charge in [0.25, 0.3) is 0 Å². The maximum absolute atomic E-state index is 5.65. The number of aryl methyl sites for hydroxylation is 1. The zero-order valence-corrected chi connectivity index (χ0v) is 11.4. The standard InChI is InChI=1S/C14H25N3O/c1-2-17-12-14(11-16-17)18-10-6-9-15-13-7-4-3-5-8-13/h11-13,15H,2-10H2,1H3. The Hall–Kier alpha value is -1.03. The lowest BCUT2D eigenvalue weighted by Gasteiger charge is -2.22. The molecule has 1 N–H and O–H groups in total. The molecule has 0 aliphatic heterocycles. The molecule has 0 bridgehead atoms. The Kier molecular flexibility index (Phi) is 5.52. The first-order chi connectivity index (χ1) is 8.88. The molecule has 0 amide bonds. The lowest BCUT2D eigenvalue weighted by atomic mass is 9.95. The fraction of sp³-hybridized carbons (Fsp3) is 0.786. The maximum Gasteiger partial charge on any atom is 0.157 e. The van der Waals surface area contributed by atoms with Crippen molar-refractivity contribution in [1.82, 2.24) is 15.1 Å². The van der Waals surface area contributed by atoms with Gasteiger partial charge >= 0.3 is 0 Å². The highest BCUT2D eigenvalue weighted by molar-refractivity contribution is 5.11. The SMILES string of the molecule is CCn1cc(OCCCNC2CCCCC2)cn1. The summed E-state index contributed by atoms with van der Waals surface area (Å²) in [5.41, 5.74) is 0. The van der Waals surface area contributed by atoms with E-state index in [0.717, 1.165) is 37.9 Å². The number of nitrogens with one attached hydrogen (secondary N) is 1. The van der Waals surface area contributed by atoms with Gasteiger partial charge in [-0.25, -0.2) is 0 Å². The third kappa shape index (κ3) is 4.33. The van der Waals surface area contributed by atoms with E-state index in [9.17, 15) is 0 Å². The second-order valence-electron chi connectivity index (χ2n) is 5.02. The summed E-state index contributed by atoms with van der Waals surface area (Å²) in [7, 11) is 0. The zero-order chi connectivity index (χ0) is 12.6. The summed E-state index contributed by atoms with van der Waals surface area (Å²) in [6, 6.07) is 0.751. The summed E-state index contributed by atoms with van der Waals surface area (Å²) in [5, 5.41) is 7.81. The third-order valence-corrected chi connectivity index (χ3v) is 3.56. The van der Waals surface area contributed by atoms with Gasteiger partial charge in [-0.05, 0) is 32.7 Å². The Balaban J connectivity index is 1.52. The molecule has 0 unspecified atom stereocenters. The smallest absolute Gasteiger partial charge is 0.157 e. The van der Waals surface area contributed by atoms with Crippen LogP contribution in [0, 0.1) is 0 Å². The molecule has 1 aliphatic rings. The third-order valence-electron chi connectivity index (χ3n) is 3.56. The molecule has 0 spiro atoms. The van der Waals surface area contributed by atoms with Gasteiger partial charge in [-0.3, -0.25) is 4.68 Å². The number of hydrogen-bond donors (Lipinski definition) is 1. The van der Waals surface area contributed by atoms with E-state index in [2.05, 4.69) is 17.3 Å². The minimum atomic E-state index is 0.751. The zero-order valence-electron chi connectivity index (χ0n) is 11.4. The summed E-state index contributed by atoms with van der Waals surface area (Å²) >= 11 is 0. The molecule has 1 heterocycles. The number of aromatic nitrogens is 2. The molecule has 1 aromatic rings. The van der Waals surface area contributed by atoms with Crippen LogP contribution >= 0.6 is 0 Å². The highest BCUT2D eigenvalue weighted by atomic mass is 16.5. The molecule has 0 atom stereocenters. The van der Waals surface area contributed by atoms with E-state index in [-0.39, 0.29) is 0 Å². The summed E-state index contributed by atoms with van der Waals surface area (Å²) in [5.74, 6) is 0.884. The van der Waals surface area contributed by atoms with Gasteiger partial charge in [0.2, 0.25) is 0 Å². The van der Waals surface area contributed by atoms with Crippen molar-refractivity contribution in [3.63, 3.8) is 0 Å². The van der Waals surface area contributed by atoms with Crippen molar-refractivity contribution < 1.29 is 4.74 Å². The van der Waals surface area contributed by atoms with Crippen molar-refractivity contribution in [3.05, 3.63) is 12.4 Å². The van der Waals surface area contributed by atoms with Gasteiger partial charge in [-0.15, -0.1) is 0 Å². The lowest BCUT2D eigenvalue weighted by molar-refractivity contribution is 0.296. The summed E-state index contributed by atoms with van der Waals surface area (Å²) in [6.45, 7) is 4.80. The molecular formula is C14H25N3O. The molecule has 0 saturated heterocycles. The highest BCUT2D eigenvalue weighted by Crippen LogP contribution is 2.17. The Morgan fingerprint density at radius 3 is 2.94 bits per heavy atom. The van der Waals surface area contributed by atoms with Crippen LogP contribution in [0.1, 0.15) is 45.4 Å². The largest absolute Gasteiger partial charge is 0.490 e. The first-order valence-electron chi connectivity index (χ1n) is 7.27. The average molecular weight is 251 g/mol. The normalized spacial score (nSPS) is 16.9. The molecule has 0 radical (unpaired) electrons. The van der Waals surface area contributed by atoms with Gasteiger partial charge in [0, 0.05) is 12.6 Å². The molecule has 1 fully saturated rings. The van der Waals surface area contributed by atoms with Gasteiger partial charge in [-0.2, -0.15) is 5.10 Å². The van der Waals surface area contributed by atoms with Crippen molar-refractivity contribution in [2.24, 2.45) is 0 Å². The van der Waals surface area contributed by atoms with Crippen LogP contribution < -0.4 is 10.1 Å². The fourth-order valence-corrected chi connectivity index (χ4v) is 2.47. The van der Waals surface area contributed by atoms with Crippen molar-refractivity contribution >= 4 is 0 Å². The molecule has 1 aliphatic carbocycles. The van der Waals surface area contributed by atoms with E-state index in [1.807, 2.05) is 10.9 Å². The molecule has 18 heavy (non-hydrogen) atoms. The van der Waals surface area contributed by atoms with Crippen molar-refractivity contribution in [2.45, 2.75) is 58.0 Å². The lowest BCUT2D eigenvalue weighted by Crippen LogP contribution is -2.32. The molecule has 4 nitrogen and oxygen atoms in total. The van der Waals surface area contributed by atoms with Gasteiger partial charge in [-0.1, -0.05) is 19.3 Å². The van der Waals surface area contributed by atoms with E-state index in [4.69, 9.17) is 4.74 Å². The van der Waals surface area contributed by atoms with Crippen molar-refractivity contribution in [3.8, 4) is 5.75 Å². The number of nitrogens with zero attached hydrogens (tertiary/aromatic N) is 2. The minimum absolute atomic E-state index is 0.751. The predicted molar refractivity (Wildman–Crippen MR) is 72.9 cm³/mol. The summed E-state index contributed by atoms with van der Waals surface area (Å²) < 4.78 is 7.54. The molecule has 1 aromatic heterocycles. The molecule has 2 rings (SSSR count). The molecule has 102 valence electrons. The van der Waals surface area contributed by atoms with Crippen LogP contribution in [0.4, 0.5) is 0 Å². The number of rotatable bonds is 7. The van der Waals surface area contributed by atoms with Gasteiger partial charge in [0.05, 0.1) is 19.0 Å². The minimum Gasteiger partial charge on any atom is -0.490 e. The Bertz CT molecular complexity index is 332. The molecular weight excluding hydrogens is 226 g/mol. The molecule has 0 aromatic carbocycles. The van der Waals surface area contributed by atoms with Crippen LogP contribution in [-0.4, -0.2) is 29.0 Å². The molecule has 1 saturated carbocycles. The Labute approximate surface area is 110 Å². The Morgan fingerprint density at radius 1 is 1.39 bits per heavy atom. The van der Waals surface area contributed by atoms with Crippen LogP contribution in [-0.2, 0) is 6.54 Å². The van der Waals surface area contributed by atoms with Crippen LogP contribution in [0.5, 0.6) is 5.75 Å². The number of ether oxygens (including phenoxy) is 1. The summed E-state index contributed by atoms with van der Waals surface area (Å²) in [4.78, 5) is 0. The van der Waals surface area contributed by atoms with Crippen molar-refractivity contribution in [2.75, 3.05) is 13.2 Å². The van der Waals surface area contributed by atoms with E-state index in [1.54, 1.807) is 6.20 Å². The second-order valence-corrected chi connectivity index (χ2v) is 5.02. The topological polar surface area (TPSA) is 39.1 Å². The van der Waals surface area contributed by atoms with E-state index in [1.165, 1.54) is 32.1 Å². The van der Waals surface area contributed by atoms with E-state index >= 15 is 0 Å². The van der Waals surface area contributed by atoms with Crippen LogP contribution in [0.15, 0.2) is 12.4 Å². The van der Waals surface area contributed by atoms with Gasteiger partial charge in [0.15, 0.2) is 5.75 Å². The van der Waals surface area contributed by atoms with Crippen LogP contribution in [0.25, 0.3) is 0 Å². The Morgan fingerprint density at radius 2 is 2.22 bits per heavy atom. The summed E-state index contributed by atoms with van der Waals surface area (Å²) in [6.07, 6.45) is 11.7. The van der Waals surface area contributed by atoms with Gasteiger partial charge in [0.1, 0.15) is 0 Å². The maximum atomic E-state index is 5.65. The van der Waals surface area contributed by atoms with E-state index in [0.29, 0.717) is 0 Å². The molecule has 4 heteroatoms. The van der Waals surface area contributed by atoms with Gasteiger partial charge < -0.3 is 10.1 Å². The number of hydrogen-bond acceptors (Lipinski definition) is 3.